The van der Waals surface area contributed by atoms with E-state index in [0.717, 1.165) is 44.8 Å². The third kappa shape index (κ3) is 3.00. The summed E-state index contributed by atoms with van der Waals surface area (Å²) in [5.74, 6) is -1.75. The fraction of sp³-hybridized carbons (Fsp3) is 0.588. The molecular weight excluding hydrogens is 272 g/mol. The maximum atomic E-state index is 13.8. The van der Waals surface area contributed by atoms with Gasteiger partial charge in [-0.15, -0.1) is 0 Å². The zero-order valence-electron chi connectivity index (χ0n) is 12.8. The van der Waals surface area contributed by atoms with Crippen molar-refractivity contribution in [1.29, 1.82) is 0 Å². The third-order valence-electron chi connectivity index (χ3n) is 4.70. The molecule has 116 valence electrons. The van der Waals surface area contributed by atoms with Gasteiger partial charge in [0, 0.05) is 6.42 Å². The minimum atomic E-state index is -0.890. The first-order valence-electron chi connectivity index (χ1n) is 7.76. The van der Waals surface area contributed by atoms with Gasteiger partial charge < -0.3 is 0 Å². The normalized spacial score (nSPS) is 17.4. The van der Waals surface area contributed by atoms with Crippen LogP contribution in [0.4, 0.5) is 8.78 Å². The predicted octanol–water partition coefficient (Wildman–Crippen LogP) is 3.73. The Morgan fingerprint density at radius 2 is 1.81 bits per heavy atom. The van der Waals surface area contributed by atoms with Crippen molar-refractivity contribution in [3.05, 3.63) is 35.4 Å². The molecule has 1 fully saturated rings. The highest BCUT2D eigenvalue weighted by Crippen LogP contribution is 2.37. The number of rotatable bonds is 6. The molecule has 1 aliphatic rings. The van der Waals surface area contributed by atoms with Crippen molar-refractivity contribution >= 4 is 5.78 Å². The first-order chi connectivity index (χ1) is 10.0. The Morgan fingerprint density at radius 3 is 2.38 bits per heavy atom. The average Bonchev–Trinajstić information content (AvgIpc) is 2.96. The SMILES string of the molecule is CCN(CC)C1(C(=O)Cc2cccc(F)c2F)CCCC1. The van der Waals surface area contributed by atoms with Gasteiger partial charge in [0.15, 0.2) is 17.4 Å². The molecule has 0 unspecified atom stereocenters. The molecule has 0 aromatic heterocycles. The maximum Gasteiger partial charge on any atom is 0.162 e. The molecule has 1 aliphatic carbocycles. The first kappa shape index (κ1) is 16.1. The number of hydrogen-bond donors (Lipinski definition) is 0. The van der Waals surface area contributed by atoms with E-state index in [9.17, 15) is 13.6 Å². The van der Waals surface area contributed by atoms with Crippen LogP contribution in [0, 0.1) is 11.6 Å². The molecule has 21 heavy (non-hydrogen) atoms. The van der Waals surface area contributed by atoms with Crippen molar-refractivity contribution in [2.45, 2.75) is 51.5 Å². The quantitative estimate of drug-likeness (QED) is 0.797. The van der Waals surface area contributed by atoms with Gasteiger partial charge in [-0.3, -0.25) is 9.69 Å². The van der Waals surface area contributed by atoms with Crippen molar-refractivity contribution in [3.8, 4) is 0 Å². The molecule has 1 aromatic carbocycles. The van der Waals surface area contributed by atoms with Gasteiger partial charge in [-0.2, -0.15) is 0 Å². The Labute approximate surface area is 125 Å². The second-order valence-corrected chi connectivity index (χ2v) is 5.72. The van der Waals surface area contributed by atoms with Gasteiger partial charge in [-0.1, -0.05) is 38.8 Å². The number of carbonyl (C=O) groups is 1. The van der Waals surface area contributed by atoms with Crippen molar-refractivity contribution in [2.24, 2.45) is 0 Å². The number of ketones is 1. The highest BCUT2D eigenvalue weighted by molar-refractivity contribution is 5.90. The second-order valence-electron chi connectivity index (χ2n) is 5.72. The number of likely N-dealkylation sites (N-methyl/N-ethyl adjacent to an activating group) is 1. The van der Waals surface area contributed by atoms with Crippen LogP contribution < -0.4 is 0 Å². The predicted molar refractivity (Wildman–Crippen MR) is 79.2 cm³/mol. The monoisotopic (exact) mass is 295 g/mol. The number of Topliss-reactive ketones (excluding diaryl/α,β-unsaturated/α-hetero) is 1. The van der Waals surface area contributed by atoms with Gasteiger partial charge >= 0.3 is 0 Å². The van der Waals surface area contributed by atoms with Crippen LogP contribution in [0.15, 0.2) is 18.2 Å². The Balaban J connectivity index is 2.25. The zero-order valence-corrected chi connectivity index (χ0v) is 12.8. The van der Waals surface area contributed by atoms with Crippen LogP contribution in [-0.2, 0) is 11.2 Å². The zero-order chi connectivity index (χ0) is 15.5. The van der Waals surface area contributed by atoms with Gasteiger partial charge in [-0.25, -0.2) is 8.78 Å². The van der Waals surface area contributed by atoms with E-state index in [1.54, 1.807) is 0 Å². The molecule has 0 aliphatic heterocycles. The van der Waals surface area contributed by atoms with E-state index in [4.69, 9.17) is 0 Å². The van der Waals surface area contributed by atoms with Crippen LogP contribution in [-0.4, -0.2) is 29.3 Å². The molecule has 0 amide bonds. The number of nitrogens with zero attached hydrogens (tertiary/aromatic N) is 1. The van der Waals surface area contributed by atoms with Gasteiger partial charge in [0.05, 0.1) is 5.54 Å². The number of carbonyl (C=O) groups excluding carboxylic acids is 1. The molecule has 0 bridgehead atoms. The molecule has 0 radical (unpaired) electrons. The molecule has 0 atom stereocenters. The third-order valence-corrected chi connectivity index (χ3v) is 4.70. The summed E-state index contributed by atoms with van der Waals surface area (Å²) in [5.41, 5.74) is -0.319. The van der Waals surface area contributed by atoms with Crippen LogP contribution in [0.1, 0.15) is 45.1 Å². The Morgan fingerprint density at radius 1 is 1.19 bits per heavy atom. The number of hydrogen-bond acceptors (Lipinski definition) is 2. The fourth-order valence-electron chi connectivity index (χ4n) is 3.58. The largest absolute Gasteiger partial charge is 0.297 e. The maximum absolute atomic E-state index is 13.8. The number of halogens is 2. The molecule has 2 nitrogen and oxygen atoms in total. The molecule has 0 saturated heterocycles. The lowest BCUT2D eigenvalue weighted by atomic mass is 9.86. The molecular formula is C17H23F2NO. The first-order valence-corrected chi connectivity index (χ1v) is 7.76. The lowest BCUT2D eigenvalue weighted by molar-refractivity contribution is -0.130. The lowest BCUT2D eigenvalue weighted by Gasteiger charge is -2.39. The molecule has 0 spiro atoms. The van der Waals surface area contributed by atoms with Crippen LogP contribution in [0.5, 0.6) is 0 Å². The Bertz CT molecular complexity index is 506. The summed E-state index contributed by atoms with van der Waals surface area (Å²) in [4.78, 5) is 15.0. The fourth-order valence-corrected chi connectivity index (χ4v) is 3.58. The summed E-state index contributed by atoms with van der Waals surface area (Å²) >= 11 is 0. The summed E-state index contributed by atoms with van der Waals surface area (Å²) in [7, 11) is 0. The van der Waals surface area contributed by atoms with Crippen LogP contribution in [0.25, 0.3) is 0 Å². The molecule has 2 rings (SSSR count). The van der Waals surface area contributed by atoms with E-state index in [0.29, 0.717) is 0 Å². The summed E-state index contributed by atoms with van der Waals surface area (Å²) < 4.78 is 27.1. The van der Waals surface area contributed by atoms with Crippen molar-refractivity contribution in [3.63, 3.8) is 0 Å². The Kier molecular flexibility index (Phi) is 5.09. The van der Waals surface area contributed by atoms with Gasteiger partial charge in [-0.05, 0) is 37.6 Å². The van der Waals surface area contributed by atoms with E-state index in [2.05, 4.69) is 4.90 Å². The molecule has 0 N–H and O–H groups in total. The van der Waals surface area contributed by atoms with Crippen molar-refractivity contribution in [1.82, 2.24) is 4.90 Å². The highest BCUT2D eigenvalue weighted by Gasteiger charge is 2.44. The minimum Gasteiger partial charge on any atom is -0.297 e. The summed E-state index contributed by atoms with van der Waals surface area (Å²) in [5, 5.41) is 0. The number of benzene rings is 1. The topological polar surface area (TPSA) is 20.3 Å². The van der Waals surface area contributed by atoms with Crippen LogP contribution in [0.2, 0.25) is 0 Å². The second kappa shape index (κ2) is 6.65. The van der Waals surface area contributed by atoms with E-state index >= 15 is 0 Å². The summed E-state index contributed by atoms with van der Waals surface area (Å²) in [6, 6.07) is 4.04. The summed E-state index contributed by atoms with van der Waals surface area (Å²) in [6.07, 6.45) is 3.66. The van der Waals surface area contributed by atoms with E-state index in [-0.39, 0.29) is 17.8 Å². The van der Waals surface area contributed by atoms with Crippen molar-refractivity contribution in [2.75, 3.05) is 13.1 Å². The van der Waals surface area contributed by atoms with Crippen LogP contribution in [0.3, 0.4) is 0 Å². The highest BCUT2D eigenvalue weighted by atomic mass is 19.2. The van der Waals surface area contributed by atoms with E-state index < -0.39 is 17.2 Å². The van der Waals surface area contributed by atoms with E-state index in [1.165, 1.54) is 12.1 Å². The van der Waals surface area contributed by atoms with Gasteiger partial charge in [0.25, 0.3) is 0 Å². The minimum absolute atomic E-state index is 0.0215. The van der Waals surface area contributed by atoms with Crippen molar-refractivity contribution < 1.29 is 13.6 Å². The molecule has 1 saturated carbocycles. The average molecular weight is 295 g/mol. The summed E-state index contributed by atoms with van der Waals surface area (Å²) in [6.45, 7) is 5.68. The smallest absolute Gasteiger partial charge is 0.162 e. The lowest BCUT2D eigenvalue weighted by Crippen LogP contribution is -2.53. The van der Waals surface area contributed by atoms with Gasteiger partial charge in [0.2, 0.25) is 0 Å². The molecule has 1 aromatic rings. The van der Waals surface area contributed by atoms with E-state index in [1.807, 2.05) is 13.8 Å². The Hall–Kier alpha value is -1.29. The standard InChI is InChI=1S/C17H23F2NO/c1-3-20(4-2)17(10-5-6-11-17)15(21)12-13-8-7-9-14(18)16(13)19/h7-9H,3-6,10-12H2,1-2H3. The van der Waals surface area contributed by atoms with Gasteiger partial charge in [0.1, 0.15) is 0 Å². The molecule has 4 heteroatoms. The van der Waals surface area contributed by atoms with Crippen LogP contribution >= 0.6 is 0 Å². The molecule has 0 heterocycles.